The minimum absolute atomic E-state index is 0.126. The minimum atomic E-state index is -0.126. The molecule has 1 saturated heterocycles. The van der Waals surface area contributed by atoms with Crippen molar-refractivity contribution in [2.45, 2.75) is 45.6 Å². The molecule has 2 unspecified atom stereocenters. The number of anilines is 1. The number of rotatable bonds is 5. The Morgan fingerprint density at radius 1 is 1.38 bits per heavy atom. The summed E-state index contributed by atoms with van der Waals surface area (Å²) in [7, 11) is 0. The lowest BCUT2D eigenvalue weighted by Gasteiger charge is -2.27. The third-order valence-corrected chi connectivity index (χ3v) is 4.34. The fourth-order valence-corrected chi connectivity index (χ4v) is 3.10. The number of amides is 1. The van der Waals surface area contributed by atoms with Crippen LogP contribution in [0.5, 0.6) is 0 Å². The summed E-state index contributed by atoms with van der Waals surface area (Å²) in [5, 5.41) is 6.89. The third-order valence-electron chi connectivity index (χ3n) is 4.34. The Kier molecular flexibility index (Phi) is 5.25. The normalized spacial score (nSPS) is 20.8. The van der Waals surface area contributed by atoms with Crippen LogP contribution in [0.15, 0.2) is 28.8 Å². The van der Waals surface area contributed by atoms with Crippen LogP contribution in [0.3, 0.4) is 0 Å². The van der Waals surface area contributed by atoms with E-state index in [1.165, 1.54) is 6.92 Å². The van der Waals surface area contributed by atoms with E-state index in [1.807, 2.05) is 24.3 Å². The fourth-order valence-electron chi connectivity index (χ4n) is 3.10. The van der Waals surface area contributed by atoms with Crippen molar-refractivity contribution in [3.05, 3.63) is 30.2 Å². The lowest BCUT2D eigenvalue weighted by Crippen LogP contribution is -2.26. The van der Waals surface area contributed by atoms with Crippen molar-refractivity contribution in [1.82, 2.24) is 10.1 Å². The second-order valence-electron chi connectivity index (χ2n) is 6.23. The van der Waals surface area contributed by atoms with E-state index in [9.17, 15) is 4.79 Å². The molecule has 0 saturated carbocycles. The number of nitrogens with zero attached hydrogens (tertiary/aromatic N) is 2. The van der Waals surface area contributed by atoms with Crippen LogP contribution in [0.2, 0.25) is 0 Å². The van der Waals surface area contributed by atoms with E-state index in [2.05, 4.69) is 22.4 Å². The highest BCUT2D eigenvalue weighted by molar-refractivity contribution is 5.93. The first kappa shape index (κ1) is 16.6. The van der Waals surface area contributed by atoms with Gasteiger partial charge in [-0.15, -0.1) is 0 Å². The molecule has 1 aliphatic rings. The highest BCUT2D eigenvalue weighted by atomic mass is 16.5. The molecule has 1 fully saturated rings. The molecule has 128 valence electrons. The van der Waals surface area contributed by atoms with Crippen LogP contribution in [-0.2, 0) is 16.0 Å². The largest absolute Gasteiger partial charge is 0.378 e. The molecule has 2 atom stereocenters. The van der Waals surface area contributed by atoms with Crippen molar-refractivity contribution in [1.29, 1.82) is 0 Å². The van der Waals surface area contributed by atoms with Crippen molar-refractivity contribution in [3.63, 3.8) is 0 Å². The van der Waals surface area contributed by atoms with Crippen molar-refractivity contribution in [2.75, 3.05) is 11.9 Å². The Bertz CT molecular complexity index is 698. The summed E-state index contributed by atoms with van der Waals surface area (Å²) in [6.07, 6.45) is 4.21. The van der Waals surface area contributed by atoms with E-state index < -0.39 is 0 Å². The number of carbonyl (C=O) groups is 1. The topological polar surface area (TPSA) is 77.3 Å². The van der Waals surface area contributed by atoms with Gasteiger partial charge in [0.15, 0.2) is 0 Å². The Morgan fingerprint density at radius 2 is 2.21 bits per heavy atom. The van der Waals surface area contributed by atoms with Gasteiger partial charge in [0.2, 0.25) is 17.6 Å². The Labute approximate surface area is 141 Å². The maximum atomic E-state index is 11.3. The summed E-state index contributed by atoms with van der Waals surface area (Å²) in [6.45, 7) is 4.43. The van der Waals surface area contributed by atoms with E-state index in [-0.39, 0.29) is 5.91 Å². The zero-order chi connectivity index (χ0) is 16.9. The smallest absolute Gasteiger partial charge is 0.227 e. The predicted molar refractivity (Wildman–Crippen MR) is 90.5 cm³/mol. The van der Waals surface area contributed by atoms with Crippen LogP contribution in [0.4, 0.5) is 5.69 Å². The molecular formula is C18H23N3O3. The Hall–Kier alpha value is -2.21. The standard InChI is InChI=1S/C18H23N3O3/c1-3-14-10-13(8-9-23-14)11-17-20-18(21-24-17)15-6-4-5-7-16(15)19-12(2)22/h4-7,13-14H,3,8-11H2,1-2H3,(H,19,22). The first-order chi connectivity index (χ1) is 11.7. The second kappa shape index (κ2) is 7.57. The van der Waals surface area contributed by atoms with Crippen molar-refractivity contribution >= 4 is 11.6 Å². The summed E-state index contributed by atoms with van der Waals surface area (Å²) < 4.78 is 11.2. The molecule has 0 spiro atoms. The number of ether oxygens (including phenoxy) is 1. The molecule has 24 heavy (non-hydrogen) atoms. The zero-order valence-corrected chi connectivity index (χ0v) is 14.1. The molecule has 1 amide bonds. The molecule has 1 N–H and O–H groups in total. The molecule has 6 heteroatoms. The van der Waals surface area contributed by atoms with Gasteiger partial charge < -0.3 is 14.6 Å². The summed E-state index contributed by atoms with van der Waals surface area (Å²) in [4.78, 5) is 15.9. The average Bonchev–Trinajstić information content (AvgIpc) is 3.03. The number of nitrogens with one attached hydrogen (secondary N) is 1. The molecule has 3 rings (SSSR count). The SMILES string of the molecule is CCC1CC(Cc2nc(-c3ccccc3NC(C)=O)no2)CCO1. The fraction of sp³-hybridized carbons (Fsp3) is 0.500. The Balaban J connectivity index is 1.73. The number of hydrogen-bond acceptors (Lipinski definition) is 5. The molecule has 1 aliphatic heterocycles. The first-order valence-electron chi connectivity index (χ1n) is 8.47. The van der Waals surface area contributed by atoms with Gasteiger partial charge in [-0.25, -0.2) is 0 Å². The molecule has 1 aromatic carbocycles. The molecule has 2 aromatic rings. The number of benzene rings is 1. The van der Waals surface area contributed by atoms with Crippen LogP contribution in [0, 0.1) is 5.92 Å². The quantitative estimate of drug-likeness (QED) is 0.909. The van der Waals surface area contributed by atoms with E-state index in [0.29, 0.717) is 29.4 Å². The third kappa shape index (κ3) is 4.00. The maximum Gasteiger partial charge on any atom is 0.227 e. The minimum Gasteiger partial charge on any atom is -0.378 e. The van der Waals surface area contributed by atoms with Gasteiger partial charge in [0.25, 0.3) is 0 Å². The first-order valence-corrected chi connectivity index (χ1v) is 8.47. The van der Waals surface area contributed by atoms with Gasteiger partial charge in [-0.1, -0.05) is 24.2 Å². The monoisotopic (exact) mass is 329 g/mol. The molecule has 6 nitrogen and oxygen atoms in total. The average molecular weight is 329 g/mol. The van der Waals surface area contributed by atoms with Gasteiger partial charge in [-0.3, -0.25) is 4.79 Å². The number of aromatic nitrogens is 2. The number of carbonyl (C=O) groups excluding carboxylic acids is 1. The molecule has 0 radical (unpaired) electrons. The summed E-state index contributed by atoms with van der Waals surface area (Å²) in [5.74, 6) is 1.54. The van der Waals surface area contributed by atoms with Crippen LogP contribution >= 0.6 is 0 Å². The van der Waals surface area contributed by atoms with Gasteiger partial charge in [0, 0.05) is 25.5 Å². The highest BCUT2D eigenvalue weighted by Crippen LogP contribution is 2.28. The predicted octanol–water partition coefficient (Wildman–Crippen LogP) is 3.44. The van der Waals surface area contributed by atoms with Crippen LogP contribution in [0.1, 0.15) is 39.0 Å². The zero-order valence-electron chi connectivity index (χ0n) is 14.1. The van der Waals surface area contributed by atoms with Crippen LogP contribution in [0.25, 0.3) is 11.4 Å². The van der Waals surface area contributed by atoms with E-state index in [1.54, 1.807) is 0 Å². The summed E-state index contributed by atoms with van der Waals surface area (Å²) in [6, 6.07) is 7.46. The molecule has 0 aliphatic carbocycles. The van der Waals surface area contributed by atoms with Gasteiger partial charge >= 0.3 is 0 Å². The van der Waals surface area contributed by atoms with Crippen molar-refractivity contribution in [2.24, 2.45) is 5.92 Å². The van der Waals surface area contributed by atoms with Gasteiger partial charge in [0.05, 0.1) is 11.8 Å². The molecular weight excluding hydrogens is 306 g/mol. The van der Waals surface area contributed by atoms with Crippen molar-refractivity contribution in [3.8, 4) is 11.4 Å². The highest BCUT2D eigenvalue weighted by Gasteiger charge is 2.24. The van der Waals surface area contributed by atoms with Crippen molar-refractivity contribution < 1.29 is 14.1 Å². The summed E-state index contributed by atoms with van der Waals surface area (Å²) in [5.41, 5.74) is 1.45. The summed E-state index contributed by atoms with van der Waals surface area (Å²) >= 11 is 0. The van der Waals surface area contributed by atoms with Crippen LogP contribution in [-0.4, -0.2) is 28.8 Å². The molecule has 2 heterocycles. The van der Waals surface area contributed by atoms with E-state index in [0.717, 1.165) is 37.9 Å². The lowest BCUT2D eigenvalue weighted by atomic mass is 9.91. The van der Waals surface area contributed by atoms with Crippen LogP contribution < -0.4 is 5.32 Å². The number of hydrogen-bond donors (Lipinski definition) is 1. The Morgan fingerprint density at radius 3 is 3.00 bits per heavy atom. The maximum absolute atomic E-state index is 11.3. The van der Waals surface area contributed by atoms with E-state index >= 15 is 0 Å². The lowest BCUT2D eigenvalue weighted by molar-refractivity contribution is -0.114. The molecule has 0 bridgehead atoms. The van der Waals surface area contributed by atoms with E-state index in [4.69, 9.17) is 9.26 Å². The molecule has 1 aromatic heterocycles. The van der Waals surface area contributed by atoms with Gasteiger partial charge in [0.1, 0.15) is 0 Å². The number of para-hydroxylation sites is 1. The van der Waals surface area contributed by atoms with Gasteiger partial charge in [-0.05, 0) is 37.3 Å². The van der Waals surface area contributed by atoms with Gasteiger partial charge in [-0.2, -0.15) is 4.98 Å². The second-order valence-corrected chi connectivity index (χ2v) is 6.23.